The van der Waals surface area contributed by atoms with Crippen molar-refractivity contribution < 1.29 is 9.53 Å². The van der Waals surface area contributed by atoms with Crippen molar-refractivity contribution in [2.45, 2.75) is 52.4 Å². The first-order chi connectivity index (χ1) is 7.90. The van der Waals surface area contributed by atoms with E-state index < -0.39 is 8.07 Å². The summed E-state index contributed by atoms with van der Waals surface area (Å²) in [6, 6.07) is 0.877. The molecule has 17 heavy (non-hydrogen) atoms. The van der Waals surface area contributed by atoms with Crippen molar-refractivity contribution in [3.8, 4) is 0 Å². The van der Waals surface area contributed by atoms with Gasteiger partial charge in [0, 0.05) is 13.6 Å². The summed E-state index contributed by atoms with van der Waals surface area (Å²) in [5.41, 5.74) is 0.818. The zero-order valence-electron chi connectivity index (χ0n) is 11.9. The molecule has 0 rings (SSSR count). The fraction of sp³-hybridized carbons (Fsp3) is 0.643. The number of carbonyl (C=O) groups is 1. The second kappa shape index (κ2) is 8.29. The molecule has 0 aromatic rings. The quantitative estimate of drug-likeness (QED) is 0.295. The summed E-state index contributed by atoms with van der Waals surface area (Å²) in [5, 5.41) is 0. The predicted octanol–water partition coefficient (Wildman–Crippen LogP) is 4.17. The Hall–Kier alpha value is -0.833. The third kappa shape index (κ3) is 8.92. The molecule has 2 nitrogen and oxygen atoms in total. The topological polar surface area (TPSA) is 26.3 Å². The van der Waals surface area contributed by atoms with Crippen molar-refractivity contribution in [3.05, 3.63) is 23.8 Å². The van der Waals surface area contributed by atoms with Crippen molar-refractivity contribution in [1.29, 1.82) is 0 Å². The Morgan fingerprint density at radius 1 is 1.24 bits per heavy atom. The van der Waals surface area contributed by atoms with Gasteiger partial charge in [0.2, 0.25) is 0 Å². The number of unbranched alkanes of at least 4 members (excludes halogenated alkanes) is 1. The molecule has 0 saturated heterocycles. The zero-order valence-corrected chi connectivity index (χ0v) is 12.9. The molecule has 0 radical (unpaired) electrons. The maximum Gasteiger partial charge on any atom is 0.333 e. The highest BCUT2D eigenvalue weighted by Crippen LogP contribution is 2.17. The molecule has 0 saturated carbocycles. The number of hydrogen-bond acceptors (Lipinski definition) is 2. The monoisotopic (exact) mass is 254 g/mol. The highest BCUT2D eigenvalue weighted by Gasteiger charge is 2.20. The molecule has 0 unspecified atom stereocenters. The van der Waals surface area contributed by atoms with Gasteiger partial charge in [0.05, 0.1) is 6.61 Å². The Bertz CT molecular complexity index is 285. The minimum Gasteiger partial charge on any atom is -0.463 e. The summed E-state index contributed by atoms with van der Waals surface area (Å²) in [6.45, 7) is 11.2. The average molecular weight is 254 g/mol. The highest BCUT2D eigenvalue weighted by molar-refractivity contribution is 6.77. The van der Waals surface area contributed by atoms with Crippen LogP contribution in [0.4, 0.5) is 0 Å². The Balaban J connectivity index is 4.66. The van der Waals surface area contributed by atoms with Gasteiger partial charge >= 0.3 is 5.97 Å². The largest absolute Gasteiger partial charge is 0.463 e. The fourth-order valence-corrected chi connectivity index (χ4v) is 2.85. The SMILES string of the molecule is CCC/C=C/C=C(/C[Si](C)(C)C)C(=O)OCC. The van der Waals surface area contributed by atoms with Crippen LogP contribution >= 0.6 is 0 Å². The number of carbonyl (C=O) groups excluding carboxylic acids is 1. The summed E-state index contributed by atoms with van der Waals surface area (Å²) in [6.07, 6.45) is 8.19. The molecule has 0 aromatic carbocycles. The molecule has 0 heterocycles. The molecule has 0 spiro atoms. The van der Waals surface area contributed by atoms with Crippen LogP contribution < -0.4 is 0 Å². The van der Waals surface area contributed by atoms with Crippen LogP contribution in [-0.2, 0) is 9.53 Å². The number of esters is 1. The lowest BCUT2D eigenvalue weighted by molar-refractivity contribution is -0.138. The van der Waals surface area contributed by atoms with Crippen LogP contribution in [0.5, 0.6) is 0 Å². The fourth-order valence-electron chi connectivity index (χ4n) is 1.44. The van der Waals surface area contributed by atoms with E-state index in [0.717, 1.165) is 24.5 Å². The van der Waals surface area contributed by atoms with Gasteiger partial charge in [0.25, 0.3) is 0 Å². The normalized spacial score (nSPS) is 13.1. The molecule has 0 amide bonds. The van der Waals surface area contributed by atoms with E-state index in [-0.39, 0.29) is 5.97 Å². The molecule has 0 bridgehead atoms. The average Bonchev–Trinajstić information content (AvgIpc) is 2.21. The standard InChI is InChI=1S/C14H26O2Si/c1-6-8-9-10-11-13(12-17(3,4)5)14(15)16-7-2/h9-11H,6-8,12H2,1-5H3/b10-9+,13-11-. The summed E-state index contributed by atoms with van der Waals surface area (Å²) < 4.78 is 5.09. The van der Waals surface area contributed by atoms with Gasteiger partial charge in [0.1, 0.15) is 0 Å². The van der Waals surface area contributed by atoms with E-state index in [1.54, 1.807) is 0 Å². The van der Waals surface area contributed by atoms with E-state index >= 15 is 0 Å². The van der Waals surface area contributed by atoms with Crippen molar-refractivity contribution in [3.63, 3.8) is 0 Å². The van der Waals surface area contributed by atoms with Crippen LogP contribution in [0.3, 0.4) is 0 Å². The molecule has 98 valence electrons. The Morgan fingerprint density at radius 3 is 2.35 bits per heavy atom. The second-order valence-corrected chi connectivity index (χ2v) is 10.8. The first-order valence-electron chi connectivity index (χ1n) is 6.43. The number of hydrogen-bond donors (Lipinski definition) is 0. The summed E-state index contributed by atoms with van der Waals surface area (Å²) in [4.78, 5) is 11.8. The number of allylic oxidation sites excluding steroid dienone is 3. The minimum atomic E-state index is -1.28. The maximum atomic E-state index is 11.8. The summed E-state index contributed by atoms with van der Waals surface area (Å²) in [7, 11) is -1.28. The van der Waals surface area contributed by atoms with Gasteiger partial charge in [-0.3, -0.25) is 0 Å². The smallest absolute Gasteiger partial charge is 0.333 e. The maximum absolute atomic E-state index is 11.8. The third-order valence-corrected chi connectivity index (χ3v) is 3.59. The van der Waals surface area contributed by atoms with Crippen molar-refractivity contribution >= 4 is 14.0 Å². The molecule has 0 aliphatic carbocycles. The van der Waals surface area contributed by atoms with Gasteiger partial charge in [-0.1, -0.05) is 51.2 Å². The summed E-state index contributed by atoms with van der Waals surface area (Å²) in [5.74, 6) is -0.156. The third-order valence-electron chi connectivity index (χ3n) is 2.15. The van der Waals surface area contributed by atoms with Crippen LogP contribution in [0.1, 0.15) is 26.7 Å². The molecular weight excluding hydrogens is 228 g/mol. The molecule has 0 N–H and O–H groups in total. The van der Waals surface area contributed by atoms with Crippen molar-refractivity contribution in [1.82, 2.24) is 0 Å². The lowest BCUT2D eigenvalue weighted by atomic mass is 10.2. The van der Waals surface area contributed by atoms with Gasteiger partial charge in [-0.05, 0) is 19.4 Å². The summed E-state index contributed by atoms with van der Waals surface area (Å²) >= 11 is 0. The van der Waals surface area contributed by atoms with Gasteiger partial charge in [-0.2, -0.15) is 0 Å². The number of rotatable bonds is 7. The van der Waals surface area contributed by atoms with Gasteiger partial charge in [0.15, 0.2) is 0 Å². The van der Waals surface area contributed by atoms with Crippen LogP contribution in [0.25, 0.3) is 0 Å². The van der Waals surface area contributed by atoms with Gasteiger partial charge in [-0.25, -0.2) is 4.79 Å². The lowest BCUT2D eigenvalue weighted by Gasteiger charge is -2.17. The van der Waals surface area contributed by atoms with E-state index in [0.29, 0.717) is 6.61 Å². The molecular formula is C14H26O2Si. The van der Waals surface area contributed by atoms with Gasteiger partial charge in [-0.15, -0.1) is 0 Å². The predicted molar refractivity (Wildman–Crippen MR) is 76.9 cm³/mol. The van der Waals surface area contributed by atoms with Crippen LogP contribution in [0.2, 0.25) is 25.7 Å². The molecule has 3 heteroatoms. The Kier molecular flexibility index (Phi) is 7.88. The van der Waals surface area contributed by atoms with E-state index in [2.05, 4.69) is 32.6 Å². The van der Waals surface area contributed by atoms with E-state index in [1.165, 1.54) is 0 Å². The van der Waals surface area contributed by atoms with Gasteiger partial charge < -0.3 is 4.74 Å². The molecule has 0 aliphatic heterocycles. The molecule has 0 aliphatic rings. The van der Waals surface area contributed by atoms with E-state index in [1.807, 2.05) is 19.1 Å². The first kappa shape index (κ1) is 16.2. The van der Waals surface area contributed by atoms with Crippen LogP contribution in [0.15, 0.2) is 23.8 Å². The molecule has 0 aromatic heterocycles. The molecule has 0 atom stereocenters. The Morgan fingerprint density at radius 2 is 1.88 bits per heavy atom. The van der Waals surface area contributed by atoms with Crippen molar-refractivity contribution in [2.24, 2.45) is 0 Å². The highest BCUT2D eigenvalue weighted by atomic mass is 28.3. The van der Waals surface area contributed by atoms with Crippen LogP contribution in [0, 0.1) is 0 Å². The molecule has 0 fully saturated rings. The van der Waals surface area contributed by atoms with Crippen molar-refractivity contribution in [2.75, 3.05) is 6.61 Å². The first-order valence-corrected chi connectivity index (χ1v) is 10.1. The Labute approximate surface area is 107 Å². The number of ether oxygens (including phenoxy) is 1. The minimum absolute atomic E-state index is 0.156. The van der Waals surface area contributed by atoms with E-state index in [9.17, 15) is 4.79 Å². The zero-order chi connectivity index (χ0) is 13.3. The second-order valence-electron chi connectivity index (χ2n) is 5.37. The van der Waals surface area contributed by atoms with Crippen LogP contribution in [-0.4, -0.2) is 20.7 Å². The van der Waals surface area contributed by atoms with E-state index in [4.69, 9.17) is 4.74 Å². The lowest BCUT2D eigenvalue weighted by Crippen LogP contribution is -2.23.